The van der Waals surface area contributed by atoms with Crippen molar-refractivity contribution in [2.45, 2.75) is 9.63 Å². The third-order valence-corrected chi connectivity index (χ3v) is 4.38. The third kappa shape index (κ3) is 1.74. The van der Waals surface area contributed by atoms with Crippen LogP contribution in [-0.4, -0.2) is 15.0 Å². The van der Waals surface area contributed by atoms with Gasteiger partial charge >= 0.3 is 73.2 Å². The maximum absolute atomic E-state index is 2.29. The predicted octanol–water partition coefficient (Wildman–Crippen LogP) is 2.52. The van der Waals surface area contributed by atoms with Crippen molar-refractivity contribution in [1.29, 1.82) is 0 Å². The van der Waals surface area contributed by atoms with E-state index in [9.17, 15) is 0 Å². The first kappa shape index (κ1) is 7.15. The second kappa shape index (κ2) is 3.25. The van der Waals surface area contributed by atoms with E-state index in [1.54, 1.807) is 0 Å². The Kier molecular flexibility index (Phi) is 2.11. The average Bonchev–Trinajstić information content (AvgIpc) is 2.60. The molecule has 0 fully saturated rings. The van der Waals surface area contributed by atoms with Gasteiger partial charge in [0.1, 0.15) is 0 Å². The van der Waals surface area contributed by atoms with Gasteiger partial charge in [0.25, 0.3) is 0 Å². The summed E-state index contributed by atoms with van der Waals surface area (Å²) in [4.78, 5) is 1.47. The maximum atomic E-state index is 2.29. The van der Waals surface area contributed by atoms with E-state index in [0.717, 1.165) is 9.63 Å². The zero-order valence-corrected chi connectivity index (χ0v) is 7.89. The molecule has 0 nitrogen and oxygen atoms in total. The van der Waals surface area contributed by atoms with Gasteiger partial charge in [-0.2, -0.15) is 0 Å². The van der Waals surface area contributed by atoms with Crippen LogP contribution in [0, 0.1) is 0 Å². The van der Waals surface area contributed by atoms with Crippen LogP contribution in [0.4, 0.5) is 0 Å². The molecule has 0 atom stereocenters. The molecular formula is C10H10Se. The Hall–Kier alpha value is -0.521. The second-order valence-electron chi connectivity index (χ2n) is 2.60. The molecule has 0 aromatic rings. The molecule has 11 heavy (non-hydrogen) atoms. The summed E-state index contributed by atoms with van der Waals surface area (Å²) in [6, 6.07) is 0. The Morgan fingerprint density at radius 1 is 0.636 bits per heavy atom. The van der Waals surface area contributed by atoms with Gasteiger partial charge in [-0.05, 0) is 0 Å². The molecule has 0 aromatic heterocycles. The van der Waals surface area contributed by atoms with Crippen molar-refractivity contribution in [2.75, 3.05) is 0 Å². The fourth-order valence-corrected chi connectivity index (χ4v) is 3.47. The van der Waals surface area contributed by atoms with Gasteiger partial charge in [-0.25, -0.2) is 0 Å². The summed E-state index contributed by atoms with van der Waals surface area (Å²) in [6.07, 6.45) is 17.8. The molecule has 0 aromatic carbocycles. The molecule has 0 amide bonds. The molecule has 2 rings (SSSR count). The molecule has 0 N–H and O–H groups in total. The van der Waals surface area contributed by atoms with Crippen molar-refractivity contribution in [3.05, 3.63) is 48.6 Å². The molecule has 0 aliphatic heterocycles. The average molecular weight is 209 g/mol. The third-order valence-electron chi connectivity index (χ3n) is 1.74. The van der Waals surface area contributed by atoms with E-state index >= 15 is 0 Å². The van der Waals surface area contributed by atoms with Gasteiger partial charge in [0.05, 0.1) is 0 Å². The van der Waals surface area contributed by atoms with Crippen LogP contribution in [-0.2, 0) is 0 Å². The van der Waals surface area contributed by atoms with Gasteiger partial charge in [0.15, 0.2) is 0 Å². The summed E-state index contributed by atoms with van der Waals surface area (Å²) in [6.45, 7) is 0. The van der Waals surface area contributed by atoms with Crippen LogP contribution in [0.25, 0.3) is 0 Å². The Labute approximate surface area is 73.5 Å². The monoisotopic (exact) mass is 210 g/mol. The molecule has 0 saturated heterocycles. The van der Waals surface area contributed by atoms with Crippen LogP contribution in [0.2, 0.25) is 9.63 Å². The fourth-order valence-electron chi connectivity index (χ4n) is 1.19. The van der Waals surface area contributed by atoms with Crippen molar-refractivity contribution in [3.63, 3.8) is 0 Å². The van der Waals surface area contributed by atoms with E-state index < -0.39 is 0 Å². The number of allylic oxidation sites excluding steroid dienone is 8. The summed E-state index contributed by atoms with van der Waals surface area (Å²) >= 11 is 0.688. The molecule has 0 heterocycles. The topological polar surface area (TPSA) is 0 Å². The van der Waals surface area contributed by atoms with Crippen LogP contribution >= 0.6 is 0 Å². The minimum atomic E-state index is 0.688. The number of hydrogen-bond acceptors (Lipinski definition) is 0. The van der Waals surface area contributed by atoms with Crippen LogP contribution in [0.1, 0.15) is 0 Å². The van der Waals surface area contributed by atoms with E-state index in [1.165, 1.54) is 0 Å². The molecule has 1 heteroatoms. The molecule has 0 saturated carbocycles. The van der Waals surface area contributed by atoms with Crippen molar-refractivity contribution >= 4 is 15.0 Å². The molecule has 0 spiro atoms. The molecule has 56 valence electrons. The van der Waals surface area contributed by atoms with Gasteiger partial charge in [-0.15, -0.1) is 0 Å². The van der Waals surface area contributed by atoms with Crippen molar-refractivity contribution < 1.29 is 0 Å². The van der Waals surface area contributed by atoms with Crippen molar-refractivity contribution in [3.8, 4) is 0 Å². The van der Waals surface area contributed by atoms with Crippen LogP contribution in [0.15, 0.2) is 48.6 Å². The second-order valence-corrected chi connectivity index (χ2v) is 5.46. The van der Waals surface area contributed by atoms with Gasteiger partial charge in [-0.1, -0.05) is 0 Å². The van der Waals surface area contributed by atoms with Crippen LogP contribution in [0.5, 0.6) is 0 Å². The minimum absolute atomic E-state index is 0.688. The zero-order chi connectivity index (χ0) is 7.52. The molecular weight excluding hydrogens is 199 g/mol. The predicted molar refractivity (Wildman–Crippen MR) is 49.8 cm³/mol. The molecule has 0 radical (unpaired) electrons. The van der Waals surface area contributed by atoms with E-state index in [4.69, 9.17) is 0 Å². The van der Waals surface area contributed by atoms with E-state index in [2.05, 4.69) is 48.6 Å². The van der Waals surface area contributed by atoms with E-state index in [-0.39, 0.29) is 0 Å². The number of rotatable bonds is 2. The van der Waals surface area contributed by atoms with E-state index in [1.807, 2.05) is 0 Å². The Morgan fingerprint density at radius 3 is 1.36 bits per heavy atom. The summed E-state index contributed by atoms with van der Waals surface area (Å²) in [5.74, 6) is 0. The van der Waals surface area contributed by atoms with Gasteiger partial charge in [0, 0.05) is 0 Å². The SMILES string of the molecule is C1=CC([Se]C2C=CC=C2)C=C1. The summed E-state index contributed by atoms with van der Waals surface area (Å²) in [5, 5.41) is 0. The van der Waals surface area contributed by atoms with Crippen molar-refractivity contribution in [2.24, 2.45) is 0 Å². The summed E-state index contributed by atoms with van der Waals surface area (Å²) < 4.78 is 0. The van der Waals surface area contributed by atoms with Gasteiger partial charge in [-0.3, -0.25) is 0 Å². The Balaban J connectivity index is 1.90. The van der Waals surface area contributed by atoms with Crippen LogP contribution < -0.4 is 0 Å². The summed E-state index contributed by atoms with van der Waals surface area (Å²) in [5.41, 5.74) is 0. The number of hydrogen-bond donors (Lipinski definition) is 0. The first-order chi connectivity index (χ1) is 5.45. The van der Waals surface area contributed by atoms with E-state index in [0.29, 0.717) is 15.0 Å². The van der Waals surface area contributed by atoms with Crippen molar-refractivity contribution in [1.82, 2.24) is 0 Å². The van der Waals surface area contributed by atoms with Crippen LogP contribution in [0.3, 0.4) is 0 Å². The first-order valence-corrected chi connectivity index (χ1v) is 5.78. The zero-order valence-electron chi connectivity index (χ0n) is 6.18. The standard InChI is InChI=1S/C10H10Se/c1-2-6-9(5-1)11-10-7-3-4-8-10/h1-10H. The normalized spacial score (nSPS) is 22.5. The molecule has 0 unspecified atom stereocenters. The Morgan fingerprint density at radius 2 is 1.00 bits per heavy atom. The van der Waals surface area contributed by atoms with Gasteiger partial charge < -0.3 is 0 Å². The fraction of sp³-hybridized carbons (Fsp3) is 0.200. The quantitative estimate of drug-likeness (QED) is 0.613. The molecule has 0 bridgehead atoms. The summed E-state index contributed by atoms with van der Waals surface area (Å²) in [7, 11) is 0. The Bertz CT molecular complexity index is 196. The first-order valence-electron chi connectivity index (χ1n) is 3.80. The molecule has 2 aliphatic carbocycles. The molecule has 2 aliphatic rings. The van der Waals surface area contributed by atoms with Gasteiger partial charge in [0.2, 0.25) is 0 Å².